The summed E-state index contributed by atoms with van der Waals surface area (Å²) < 4.78 is 26.1. The Bertz CT molecular complexity index is 541. The van der Waals surface area contributed by atoms with Crippen LogP contribution in [0.4, 0.5) is 0 Å². The summed E-state index contributed by atoms with van der Waals surface area (Å²) in [7, 11) is -3.51. The van der Waals surface area contributed by atoms with Crippen LogP contribution in [0.25, 0.3) is 0 Å². The lowest BCUT2D eigenvalue weighted by molar-refractivity contribution is 0.478. The summed E-state index contributed by atoms with van der Waals surface area (Å²) in [6, 6.07) is 8.34. The Morgan fingerprint density at radius 1 is 1.26 bits per heavy atom. The fourth-order valence-corrected chi connectivity index (χ4v) is 2.89. The van der Waals surface area contributed by atoms with Crippen molar-refractivity contribution < 1.29 is 8.42 Å². The van der Waals surface area contributed by atoms with Crippen LogP contribution in [0.3, 0.4) is 0 Å². The number of terminal acetylenes is 1. The first kappa shape index (κ1) is 15.5. The zero-order valence-electron chi connectivity index (χ0n) is 11.1. The number of unbranched alkanes of at least 4 members (excludes halogenated alkanes) is 1. The highest BCUT2D eigenvalue weighted by Crippen LogP contribution is 2.14. The molecule has 0 unspecified atom stereocenters. The lowest BCUT2D eigenvalue weighted by Gasteiger charge is -2.18. The number of nitrogens with zero attached hydrogens (tertiary/aromatic N) is 1. The van der Waals surface area contributed by atoms with Gasteiger partial charge >= 0.3 is 0 Å². The molecule has 1 aromatic rings. The molecule has 0 N–H and O–H groups in total. The molecule has 0 saturated carbocycles. The van der Waals surface area contributed by atoms with Crippen LogP contribution in [0.2, 0.25) is 0 Å². The molecule has 3 nitrogen and oxygen atoms in total. The molecule has 0 aliphatic heterocycles. The average Bonchev–Trinajstić information content (AvgIpc) is 2.43. The van der Waals surface area contributed by atoms with Crippen molar-refractivity contribution in [3.8, 4) is 12.3 Å². The smallest absolute Gasteiger partial charge is 0.207 e. The second-order valence-electron chi connectivity index (χ2n) is 4.07. The summed E-state index contributed by atoms with van der Waals surface area (Å²) in [4.78, 5) is 0.272. The second-order valence-corrected chi connectivity index (χ2v) is 6.01. The van der Waals surface area contributed by atoms with Crippen molar-refractivity contribution in [3.05, 3.63) is 42.5 Å². The van der Waals surface area contributed by atoms with Crippen molar-refractivity contribution >= 4 is 10.0 Å². The Balaban J connectivity index is 2.89. The highest BCUT2D eigenvalue weighted by atomic mass is 32.2. The van der Waals surface area contributed by atoms with Gasteiger partial charge in [0.25, 0.3) is 0 Å². The van der Waals surface area contributed by atoms with Crippen LogP contribution < -0.4 is 0 Å². The molecule has 0 atom stereocenters. The molecule has 0 saturated heterocycles. The third kappa shape index (κ3) is 4.55. The Morgan fingerprint density at radius 3 is 2.53 bits per heavy atom. The molecular weight excluding hydrogens is 258 g/mol. The minimum absolute atomic E-state index is 0.0771. The summed E-state index contributed by atoms with van der Waals surface area (Å²) >= 11 is 0. The molecule has 1 rings (SSSR count). The fourth-order valence-electron chi connectivity index (χ4n) is 1.57. The molecule has 0 fully saturated rings. The summed E-state index contributed by atoms with van der Waals surface area (Å²) in [5.41, 5.74) is 0. The van der Waals surface area contributed by atoms with Gasteiger partial charge in [-0.25, -0.2) is 8.42 Å². The molecule has 0 aromatic heterocycles. The first-order chi connectivity index (χ1) is 9.12. The van der Waals surface area contributed by atoms with Crippen LogP contribution in [0.15, 0.2) is 47.4 Å². The minimum atomic E-state index is -3.51. The molecule has 0 spiro atoms. The number of benzene rings is 1. The molecule has 0 amide bonds. The molecular formula is C15H19NO2S. The Morgan fingerprint density at radius 2 is 1.95 bits per heavy atom. The molecule has 19 heavy (non-hydrogen) atoms. The molecule has 0 aliphatic carbocycles. The van der Waals surface area contributed by atoms with Crippen molar-refractivity contribution in [2.45, 2.75) is 24.7 Å². The lowest BCUT2D eigenvalue weighted by Crippen LogP contribution is -2.31. The molecule has 0 aliphatic rings. The third-order valence-electron chi connectivity index (χ3n) is 2.58. The number of hydrogen-bond donors (Lipinski definition) is 0. The summed E-state index contributed by atoms with van der Waals surface area (Å²) in [5.74, 6) is 2.40. The Labute approximate surface area is 116 Å². The fraction of sp³-hybridized carbons (Fsp3) is 0.333. The van der Waals surface area contributed by atoms with E-state index in [1.165, 1.54) is 4.31 Å². The summed E-state index contributed by atoms with van der Waals surface area (Å²) in [6.07, 6.45) is 11.1. The van der Waals surface area contributed by atoms with Gasteiger partial charge in [-0.3, -0.25) is 0 Å². The van der Waals surface area contributed by atoms with Gasteiger partial charge in [-0.2, -0.15) is 4.31 Å². The maximum absolute atomic E-state index is 12.4. The molecule has 102 valence electrons. The number of allylic oxidation sites excluding steroid dienone is 1. The van der Waals surface area contributed by atoms with Gasteiger partial charge in [0, 0.05) is 6.54 Å². The topological polar surface area (TPSA) is 37.4 Å². The van der Waals surface area contributed by atoms with Crippen LogP contribution in [0, 0.1) is 12.3 Å². The Hall–Kier alpha value is -1.57. The highest BCUT2D eigenvalue weighted by molar-refractivity contribution is 7.89. The molecule has 4 heteroatoms. The summed E-state index contributed by atoms with van der Waals surface area (Å²) in [6.45, 7) is 2.46. The maximum atomic E-state index is 12.4. The minimum Gasteiger partial charge on any atom is -0.207 e. The molecule has 0 radical (unpaired) electrons. The zero-order valence-corrected chi connectivity index (χ0v) is 11.9. The van der Waals surface area contributed by atoms with E-state index in [4.69, 9.17) is 6.42 Å². The van der Waals surface area contributed by atoms with Gasteiger partial charge in [0.15, 0.2) is 0 Å². The number of sulfonamides is 1. The monoisotopic (exact) mass is 277 g/mol. The highest BCUT2D eigenvalue weighted by Gasteiger charge is 2.22. The van der Waals surface area contributed by atoms with Gasteiger partial charge in [0.05, 0.1) is 11.4 Å². The normalized spacial score (nSPS) is 11.8. The Kier molecular flexibility index (Phi) is 6.34. The van der Waals surface area contributed by atoms with E-state index in [2.05, 4.69) is 12.8 Å². The molecule has 0 bridgehead atoms. The van der Waals surface area contributed by atoms with E-state index in [0.717, 1.165) is 12.8 Å². The van der Waals surface area contributed by atoms with Crippen molar-refractivity contribution in [2.75, 3.05) is 13.1 Å². The third-order valence-corrected chi connectivity index (χ3v) is 4.41. The average molecular weight is 277 g/mol. The maximum Gasteiger partial charge on any atom is 0.244 e. The SMILES string of the molecule is C#CCN(C/C=C/CCC)S(=O)(=O)c1ccccc1. The zero-order chi connectivity index (χ0) is 14.1. The predicted molar refractivity (Wildman–Crippen MR) is 78.1 cm³/mol. The predicted octanol–water partition coefficient (Wildman–Crippen LogP) is 2.67. The number of rotatable bonds is 7. The van der Waals surface area contributed by atoms with E-state index in [-0.39, 0.29) is 11.4 Å². The van der Waals surface area contributed by atoms with Gasteiger partial charge in [0.2, 0.25) is 10.0 Å². The largest absolute Gasteiger partial charge is 0.244 e. The number of hydrogen-bond acceptors (Lipinski definition) is 2. The van der Waals surface area contributed by atoms with Crippen molar-refractivity contribution in [3.63, 3.8) is 0 Å². The van der Waals surface area contributed by atoms with Crippen molar-refractivity contribution in [1.29, 1.82) is 0 Å². The first-order valence-corrected chi connectivity index (χ1v) is 7.70. The van der Waals surface area contributed by atoms with E-state index in [1.807, 2.05) is 12.2 Å². The second kappa shape index (κ2) is 7.78. The van der Waals surface area contributed by atoms with Crippen LogP contribution >= 0.6 is 0 Å². The lowest BCUT2D eigenvalue weighted by atomic mass is 10.3. The van der Waals surface area contributed by atoms with Crippen LogP contribution in [0.1, 0.15) is 19.8 Å². The molecule has 1 aromatic carbocycles. The van der Waals surface area contributed by atoms with E-state index < -0.39 is 10.0 Å². The van der Waals surface area contributed by atoms with Crippen LogP contribution in [-0.2, 0) is 10.0 Å². The van der Waals surface area contributed by atoms with Crippen LogP contribution in [0.5, 0.6) is 0 Å². The van der Waals surface area contributed by atoms with Gasteiger partial charge in [-0.15, -0.1) is 6.42 Å². The van der Waals surface area contributed by atoms with E-state index in [0.29, 0.717) is 6.54 Å². The van der Waals surface area contributed by atoms with Crippen molar-refractivity contribution in [1.82, 2.24) is 4.31 Å². The van der Waals surface area contributed by atoms with Crippen molar-refractivity contribution in [2.24, 2.45) is 0 Å². The van der Waals surface area contributed by atoms with Crippen LogP contribution in [-0.4, -0.2) is 25.8 Å². The van der Waals surface area contributed by atoms with Gasteiger partial charge in [-0.05, 0) is 18.6 Å². The van der Waals surface area contributed by atoms with Gasteiger partial charge in [0.1, 0.15) is 0 Å². The van der Waals surface area contributed by atoms with E-state index >= 15 is 0 Å². The first-order valence-electron chi connectivity index (χ1n) is 6.26. The standard InChI is InChI=1S/C15H19NO2S/c1-3-5-6-10-14-16(13-4-2)19(17,18)15-11-8-7-9-12-15/h2,6-12H,3,5,13-14H2,1H3/b10-6+. The van der Waals surface area contributed by atoms with Gasteiger partial charge < -0.3 is 0 Å². The molecule has 0 heterocycles. The quantitative estimate of drug-likeness (QED) is 0.567. The van der Waals surface area contributed by atoms with E-state index in [9.17, 15) is 8.42 Å². The summed E-state index contributed by atoms with van der Waals surface area (Å²) in [5, 5.41) is 0. The van der Waals surface area contributed by atoms with E-state index in [1.54, 1.807) is 30.3 Å². The van der Waals surface area contributed by atoms with Gasteiger partial charge in [-0.1, -0.05) is 49.6 Å².